The molecular weight excluding hydrogens is 232 g/mol. The number of carbonyl (C=O) groups excluding carboxylic acids is 2. The van der Waals surface area contributed by atoms with E-state index in [0.717, 1.165) is 18.4 Å². The van der Waals surface area contributed by atoms with Crippen LogP contribution in [-0.4, -0.2) is 32.1 Å². The molecule has 1 rings (SSSR count). The van der Waals surface area contributed by atoms with Gasteiger partial charge < -0.3 is 15.8 Å². The minimum atomic E-state index is -0.370. The lowest BCUT2D eigenvalue weighted by Gasteiger charge is -2.07. The van der Waals surface area contributed by atoms with E-state index in [2.05, 4.69) is 5.32 Å². The predicted molar refractivity (Wildman–Crippen MR) is 68.2 cm³/mol. The molecular formula is C13H18N2O3. The Kier molecular flexibility index (Phi) is 5.87. The standard InChI is InChI=1S/C13H18N2O3/c1-18-13(17)11-7-3-2-5-10(11)6-4-8-15-9-12(14)16/h2-3,5,7,15H,4,6,8-9H2,1H3,(H2,14,16). The first-order valence-corrected chi connectivity index (χ1v) is 5.80. The highest BCUT2D eigenvalue weighted by Crippen LogP contribution is 2.11. The van der Waals surface area contributed by atoms with Crippen molar-refractivity contribution in [3.8, 4) is 0 Å². The maximum absolute atomic E-state index is 11.5. The number of primary amides is 1. The van der Waals surface area contributed by atoms with Crippen LogP contribution in [0.5, 0.6) is 0 Å². The summed E-state index contributed by atoms with van der Waals surface area (Å²) in [5, 5.41) is 2.93. The summed E-state index contributed by atoms with van der Waals surface area (Å²) in [5.41, 5.74) is 6.55. The third kappa shape index (κ3) is 4.55. The highest BCUT2D eigenvalue weighted by atomic mass is 16.5. The van der Waals surface area contributed by atoms with Crippen molar-refractivity contribution in [1.82, 2.24) is 5.32 Å². The lowest BCUT2D eigenvalue weighted by atomic mass is 10.0. The summed E-state index contributed by atoms with van der Waals surface area (Å²) in [5.74, 6) is -0.694. The zero-order valence-corrected chi connectivity index (χ0v) is 10.4. The van der Waals surface area contributed by atoms with Crippen molar-refractivity contribution in [2.75, 3.05) is 20.2 Å². The summed E-state index contributed by atoms with van der Waals surface area (Å²) in [6, 6.07) is 7.35. The highest BCUT2D eigenvalue weighted by molar-refractivity contribution is 5.90. The number of ether oxygens (including phenoxy) is 1. The Morgan fingerprint density at radius 3 is 2.72 bits per heavy atom. The molecule has 5 nitrogen and oxygen atoms in total. The van der Waals surface area contributed by atoms with E-state index in [4.69, 9.17) is 10.5 Å². The van der Waals surface area contributed by atoms with Gasteiger partial charge in [-0.2, -0.15) is 0 Å². The van der Waals surface area contributed by atoms with Gasteiger partial charge in [-0.3, -0.25) is 4.79 Å². The molecule has 0 aliphatic carbocycles. The Hall–Kier alpha value is -1.88. The van der Waals surface area contributed by atoms with Crippen molar-refractivity contribution in [1.29, 1.82) is 0 Å². The Balaban J connectivity index is 2.46. The van der Waals surface area contributed by atoms with Crippen LogP contribution in [0, 0.1) is 0 Å². The third-order valence-electron chi connectivity index (χ3n) is 2.52. The number of nitrogens with two attached hydrogens (primary N) is 1. The molecule has 1 aromatic rings. The van der Waals surface area contributed by atoms with Crippen LogP contribution in [0.15, 0.2) is 24.3 Å². The van der Waals surface area contributed by atoms with Crippen LogP contribution in [0.25, 0.3) is 0 Å². The van der Waals surface area contributed by atoms with Crippen molar-refractivity contribution in [3.05, 3.63) is 35.4 Å². The van der Waals surface area contributed by atoms with Crippen molar-refractivity contribution < 1.29 is 14.3 Å². The van der Waals surface area contributed by atoms with Gasteiger partial charge in [0.15, 0.2) is 0 Å². The molecule has 0 radical (unpaired) electrons. The van der Waals surface area contributed by atoms with E-state index in [9.17, 15) is 9.59 Å². The molecule has 98 valence electrons. The minimum absolute atomic E-state index is 0.179. The molecule has 0 atom stereocenters. The minimum Gasteiger partial charge on any atom is -0.465 e. The van der Waals surface area contributed by atoms with Crippen LogP contribution in [0.2, 0.25) is 0 Å². The fourth-order valence-electron chi connectivity index (χ4n) is 1.66. The first kappa shape index (κ1) is 14.2. The van der Waals surface area contributed by atoms with E-state index in [-0.39, 0.29) is 18.4 Å². The second-order valence-electron chi connectivity index (χ2n) is 3.90. The topological polar surface area (TPSA) is 81.4 Å². The van der Waals surface area contributed by atoms with Crippen molar-refractivity contribution in [2.45, 2.75) is 12.8 Å². The normalized spacial score (nSPS) is 10.1. The van der Waals surface area contributed by atoms with Crippen LogP contribution in [0.1, 0.15) is 22.3 Å². The monoisotopic (exact) mass is 250 g/mol. The molecule has 0 saturated carbocycles. The van der Waals surface area contributed by atoms with Crippen molar-refractivity contribution in [2.24, 2.45) is 5.73 Å². The van der Waals surface area contributed by atoms with E-state index in [1.54, 1.807) is 12.1 Å². The van der Waals surface area contributed by atoms with E-state index >= 15 is 0 Å². The summed E-state index contributed by atoms with van der Waals surface area (Å²) in [4.78, 5) is 22.0. The van der Waals surface area contributed by atoms with E-state index in [0.29, 0.717) is 12.1 Å². The van der Waals surface area contributed by atoms with Crippen LogP contribution >= 0.6 is 0 Å². The van der Waals surface area contributed by atoms with E-state index < -0.39 is 0 Å². The van der Waals surface area contributed by atoms with Gasteiger partial charge in [0.1, 0.15) is 0 Å². The van der Waals surface area contributed by atoms with Gasteiger partial charge in [0.05, 0.1) is 19.2 Å². The zero-order valence-electron chi connectivity index (χ0n) is 10.4. The number of esters is 1. The van der Waals surface area contributed by atoms with Gasteiger partial charge >= 0.3 is 5.97 Å². The Morgan fingerprint density at radius 2 is 2.06 bits per heavy atom. The summed E-state index contributed by atoms with van der Waals surface area (Å²) in [7, 11) is 1.37. The zero-order chi connectivity index (χ0) is 13.4. The van der Waals surface area contributed by atoms with Gasteiger partial charge in [0, 0.05) is 0 Å². The Bertz CT molecular complexity index is 418. The molecule has 18 heavy (non-hydrogen) atoms. The Morgan fingerprint density at radius 1 is 1.33 bits per heavy atom. The first-order chi connectivity index (χ1) is 8.65. The number of benzene rings is 1. The van der Waals surface area contributed by atoms with Crippen LogP contribution in [0.3, 0.4) is 0 Å². The third-order valence-corrected chi connectivity index (χ3v) is 2.52. The fraction of sp³-hybridized carbons (Fsp3) is 0.385. The van der Waals surface area contributed by atoms with Gasteiger partial charge in [-0.25, -0.2) is 4.79 Å². The van der Waals surface area contributed by atoms with Crippen molar-refractivity contribution >= 4 is 11.9 Å². The van der Waals surface area contributed by atoms with Gasteiger partial charge in [-0.05, 0) is 31.0 Å². The number of hydrogen-bond donors (Lipinski definition) is 2. The lowest BCUT2D eigenvalue weighted by Crippen LogP contribution is -2.29. The number of rotatable bonds is 7. The molecule has 0 aromatic heterocycles. The molecule has 1 amide bonds. The molecule has 0 aliphatic rings. The highest BCUT2D eigenvalue weighted by Gasteiger charge is 2.10. The number of aryl methyl sites for hydroxylation is 1. The average molecular weight is 250 g/mol. The summed E-state index contributed by atoms with van der Waals surface area (Å²) < 4.78 is 4.72. The summed E-state index contributed by atoms with van der Waals surface area (Å²) in [6.07, 6.45) is 1.57. The number of methoxy groups -OCH3 is 1. The smallest absolute Gasteiger partial charge is 0.338 e. The lowest BCUT2D eigenvalue weighted by molar-refractivity contribution is -0.117. The molecule has 0 saturated heterocycles. The molecule has 0 spiro atoms. The fourth-order valence-corrected chi connectivity index (χ4v) is 1.66. The van der Waals surface area contributed by atoms with Gasteiger partial charge in [0.2, 0.25) is 5.91 Å². The van der Waals surface area contributed by atoms with Crippen LogP contribution in [0.4, 0.5) is 0 Å². The molecule has 3 N–H and O–H groups in total. The van der Waals surface area contributed by atoms with Gasteiger partial charge in [0.25, 0.3) is 0 Å². The molecule has 1 aromatic carbocycles. The number of hydrogen-bond acceptors (Lipinski definition) is 4. The Labute approximate surface area is 106 Å². The van der Waals surface area contributed by atoms with Gasteiger partial charge in [-0.15, -0.1) is 0 Å². The quantitative estimate of drug-likeness (QED) is 0.545. The van der Waals surface area contributed by atoms with E-state index in [1.165, 1.54) is 7.11 Å². The summed E-state index contributed by atoms with van der Waals surface area (Å²) in [6.45, 7) is 0.858. The summed E-state index contributed by atoms with van der Waals surface area (Å²) >= 11 is 0. The van der Waals surface area contributed by atoms with E-state index in [1.807, 2.05) is 12.1 Å². The largest absolute Gasteiger partial charge is 0.465 e. The number of nitrogens with one attached hydrogen (secondary N) is 1. The molecule has 0 unspecified atom stereocenters. The molecule has 0 bridgehead atoms. The van der Waals surface area contributed by atoms with Gasteiger partial charge in [-0.1, -0.05) is 18.2 Å². The molecule has 0 fully saturated rings. The second-order valence-corrected chi connectivity index (χ2v) is 3.90. The number of amides is 1. The molecule has 5 heteroatoms. The predicted octanol–water partition coefficient (Wildman–Crippen LogP) is 0.481. The average Bonchev–Trinajstić information content (AvgIpc) is 2.37. The molecule has 0 aliphatic heterocycles. The maximum atomic E-state index is 11.5. The van der Waals surface area contributed by atoms with Crippen LogP contribution in [-0.2, 0) is 16.0 Å². The SMILES string of the molecule is COC(=O)c1ccccc1CCCNCC(N)=O. The second kappa shape index (κ2) is 7.45. The first-order valence-electron chi connectivity index (χ1n) is 5.80. The molecule has 0 heterocycles. The van der Waals surface area contributed by atoms with Crippen LogP contribution < -0.4 is 11.1 Å². The van der Waals surface area contributed by atoms with Crippen molar-refractivity contribution in [3.63, 3.8) is 0 Å². The maximum Gasteiger partial charge on any atom is 0.338 e. The number of carbonyl (C=O) groups is 2.